The van der Waals surface area contributed by atoms with E-state index in [0.717, 1.165) is 11.1 Å². The van der Waals surface area contributed by atoms with Gasteiger partial charge in [-0.05, 0) is 24.0 Å². The minimum atomic E-state index is -1.02. The molecule has 1 aromatic carbocycles. The number of benzene rings is 1. The smallest absolute Gasteiger partial charge is 0.332 e. The number of methoxy groups -OCH3 is 1. The fourth-order valence-electron chi connectivity index (χ4n) is 2.33. The third-order valence-corrected chi connectivity index (χ3v) is 3.46. The van der Waals surface area contributed by atoms with Gasteiger partial charge in [0, 0.05) is 13.7 Å². The van der Waals surface area contributed by atoms with Gasteiger partial charge in [0.1, 0.15) is 6.10 Å². The highest BCUT2D eigenvalue weighted by molar-refractivity contribution is 5.82. The van der Waals surface area contributed by atoms with Crippen LogP contribution in [0.4, 0.5) is 0 Å². The summed E-state index contributed by atoms with van der Waals surface area (Å²) in [5, 5.41) is 11.6. The molecule has 2 atom stereocenters. The Labute approximate surface area is 123 Å². The Morgan fingerprint density at radius 1 is 1.29 bits per heavy atom. The summed E-state index contributed by atoms with van der Waals surface area (Å²) in [7, 11) is 1.62. The molecule has 1 amide bonds. The van der Waals surface area contributed by atoms with Crippen molar-refractivity contribution in [2.24, 2.45) is 0 Å². The summed E-state index contributed by atoms with van der Waals surface area (Å²) in [5.74, 6) is -1.29. The SMILES string of the molecule is COCc1ccccc1CNC(=O)C1CCC(C(=O)O)O1. The molecule has 21 heavy (non-hydrogen) atoms. The van der Waals surface area contributed by atoms with Crippen LogP contribution >= 0.6 is 0 Å². The van der Waals surface area contributed by atoms with E-state index in [1.54, 1.807) is 7.11 Å². The Balaban J connectivity index is 1.89. The van der Waals surface area contributed by atoms with Gasteiger partial charge in [0.15, 0.2) is 6.10 Å². The predicted molar refractivity (Wildman–Crippen MR) is 74.5 cm³/mol. The minimum Gasteiger partial charge on any atom is -0.479 e. The van der Waals surface area contributed by atoms with E-state index in [2.05, 4.69) is 5.32 Å². The van der Waals surface area contributed by atoms with Crippen LogP contribution in [0.2, 0.25) is 0 Å². The van der Waals surface area contributed by atoms with Crippen LogP contribution in [0.5, 0.6) is 0 Å². The van der Waals surface area contributed by atoms with Crippen molar-refractivity contribution in [3.8, 4) is 0 Å². The number of hydrogen-bond donors (Lipinski definition) is 2. The molecule has 1 aliphatic heterocycles. The predicted octanol–water partition coefficient (Wildman–Crippen LogP) is 1.08. The third-order valence-electron chi connectivity index (χ3n) is 3.46. The van der Waals surface area contributed by atoms with Gasteiger partial charge in [0.2, 0.25) is 5.91 Å². The summed E-state index contributed by atoms with van der Waals surface area (Å²) < 4.78 is 10.3. The van der Waals surface area contributed by atoms with Gasteiger partial charge in [-0.1, -0.05) is 24.3 Å². The number of amides is 1. The van der Waals surface area contributed by atoms with Gasteiger partial charge in [-0.3, -0.25) is 4.79 Å². The first-order valence-corrected chi connectivity index (χ1v) is 6.83. The molecule has 6 nitrogen and oxygen atoms in total. The maximum absolute atomic E-state index is 12.0. The number of carboxylic acid groups (broad SMARTS) is 1. The number of ether oxygens (including phenoxy) is 2. The van der Waals surface area contributed by atoms with Crippen LogP contribution < -0.4 is 5.32 Å². The second kappa shape index (κ2) is 7.19. The van der Waals surface area contributed by atoms with E-state index in [-0.39, 0.29) is 5.91 Å². The van der Waals surface area contributed by atoms with Crippen LogP contribution in [0.1, 0.15) is 24.0 Å². The molecule has 1 saturated heterocycles. The molecule has 1 aliphatic rings. The van der Waals surface area contributed by atoms with Crippen LogP contribution in [-0.2, 0) is 32.2 Å². The standard InChI is InChI=1S/C15H19NO5/c1-20-9-11-5-3-2-4-10(11)8-16-14(17)12-6-7-13(21-12)15(18)19/h2-5,12-13H,6-9H2,1H3,(H,16,17)(H,18,19). The largest absolute Gasteiger partial charge is 0.479 e. The third kappa shape index (κ3) is 4.03. The summed E-state index contributed by atoms with van der Waals surface area (Å²) in [4.78, 5) is 22.8. The number of nitrogens with one attached hydrogen (secondary N) is 1. The average Bonchev–Trinajstić information content (AvgIpc) is 2.96. The first-order valence-electron chi connectivity index (χ1n) is 6.83. The van der Waals surface area contributed by atoms with Crippen molar-refractivity contribution in [2.45, 2.75) is 38.2 Å². The van der Waals surface area contributed by atoms with Gasteiger partial charge in [-0.2, -0.15) is 0 Å². The summed E-state index contributed by atoms with van der Waals surface area (Å²) in [6.07, 6.45) is -0.752. The van der Waals surface area contributed by atoms with E-state index >= 15 is 0 Å². The average molecular weight is 293 g/mol. The number of carbonyl (C=O) groups excluding carboxylic acids is 1. The van der Waals surface area contributed by atoms with Crippen molar-refractivity contribution >= 4 is 11.9 Å². The fraction of sp³-hybridized carbons (Fsp3) is 0.467. The lowest BCUT2D eigenvalue weighted by Crippen LogP contribution is -2.35. The molecule has 0 bridgehead atoms. The van der Waals surface area contributed by atoms with E-state index in [4.69, 9.17) is 14.6 Å². The molecule has 2 rings (SSSR count). The molecular weight excluding hydrogens is 274 g/mol. The maximum atomic E-state index is 12.0. The number of rotatable bonds is 6. The Kier molecular flexibility index (Phi) is 5.30. The molecule has 0 aromatic heterocycles. The second-order valence-corrected chi connectivity index (χ2v) is 4.95. The fourth-order valence-corrected chi connectivity index (χ4v) is 2.33. The highest BCUT2D eigenvalue weighted by Crippen LogP contribution is 2.20. The van der Waals surface area contributed by atoms with Gasteiger partial charge in [-0.25, -0.2) is 4.79 Å². The van der Waals surface area contributed by atoms with Crippen molar-refractivity contribution in [1.82, 2.24) is 5.32 Å². The topological polar surface area (TPSA) is 84.9 Å². The molecular formula is C15H19NO5. The van der Waals surface area contributed by atoms with Crippen molar-refractivity contribution in [1.29, 1.82) is 0 Å². The Hall–Kier alpha value is -1.92. The van der Waals surface area contributed by atoms with Crippen molar-refractivity contribution < 1.29 is 24.2 Å². The number of carboxylic acids is 1. The van der Waals surface area contributed by atoms with E-state index in [1.165, 1.54) is 0 Å². The lowest BCUT2D eigenvalue weighted by Gasteiger charge is -2.13. The molecule has 1 heterocycles. The van der Waals surface area contributed by atoms with Gasteiger partial charge in [0.05, 0.1) is 6.61 Å². The minimum absolute atomic E-state index is 0.272. The first kappa shape index (κ1) is 15.5. The normalized spacial score (nSPS) is 21.2. The zero-order valence-electron chi connectivity index (χ0n) is 11.9. The molecule has 114 valence electrons. The van der Waals surface area contributed by atoms with E-state index in [9.17, 15) is 9.59 Å². The zero-order valence-corrected chi connectivity index (χ0v) is 11.9. The molecule has 2 unspecified atom stereocenters. The maximum Gasteiger partial charge on any atom is 0.332 e. The molecule has 1 aromatic rings. The monoisotopic (exact) mass is 293 g/mol. The number of aliphatic carboxylic acids is 1. The van der Waals surface area contributed by atoms with Crippen LogP contribution in [0.25, 0.3) is 0 Å². The lowest BCUT2D eigenvalue weighted by atomic mass is 10.1. The van der Waals surface area contributed by atoms with Crippen molar-refractivity contribution in [2.75, 3.05) is 7.11 Å². The Morgan fingerprint density at radius 2 is 1.95 bits per heavy atom. The summed E-state index contributed by atoms with van der Waals surface area (Å²) in [6.45, 7) is 0.850. The molecule has 0 radical (unpaired) electrons. The Morgan fingerprint density at radius 3 is 2.57 bits per heavy atom. The summed E-state index contributed by atoms with van der Waals surface area (Å²) >= 11 is 0. The van der Waals surface area contributed by atoms with Crippen LogP contribution in [0.3, 0.4) is 0 Å². The number of hydrogen-bond acceptors (Lipinski definition) is 4. The van der Waals surface area contributed by atoms with E-state index in [0.29, 0.717) is 26.0 Å². The van der Waals surface area contributed by atoms with Crippen molar-refractivity contribution in [3.05, 3.63) is 35.4 Å². The van der Waals surface area contributed by atoms with Gasteiger partial charge < -0.3 is 19.9 Å². The van der Waals surface area contributed by atoms with Crippen LogP contribution in [0.15, 0.2) is 24.3 Å². The molecule has 6 heteroatoms. The first-order chi connectivity index (χ1) is 10.1. The van der Waals surface area contributed by atoms with Crippen molar-refractivity contribution in [3.63, 3.8) is 0 Å². The quantitative estimate of drug-likeness (QED) is 0.820. The Bertz CT molecular complexity index is 517. The second-order valence-electron chi connectivity index (χ2n) is 4.95. The zero-order chi connectivity index (χ0) is 15.2. The van der Waals surface area contributed by atoms with Gasteiger partial charge >= 0.3 is 5.97 Å². The van der Waals surface area contributed by atoms with Crippen LogP contribution in [0, 0.1) is 0 Å². The summed E-state index contributed by atoms with van der Waals surface area (Å²) in [5.41, 5.74) is 1.98. The molecule has 1 fully saturated rings. The lowest BCUT2D eigenvalue weighted by molar-refractivity contribution is -0.151. The van der Waals surface area contributed by atoms with E-state index in [1.807, 2.05) is 24.3 Å². The molecule has 0 saturated carbocycles. The summed E-state index contributed by atoms with van der Waals surface area (Å²) in [6, 6.07) is 7.67. The van der Waals surface area contributed by atoms with Gasteiger partial charge in [0.25, 0.3) is 0 Å². The highest BCUT2D eigenvalue weighted by atomic mass is 16.5. The van der Waals surface area contributed by atoms with E-state index < -0.39 is 18.2 Å². The molecule has 0 spiro atoms. The van der Waals surface area contributed by atoms with Gasteiger partial charge in [-0.15, -0.1) is 0 Å². The number of carbonyl (C=O) groups is 2. The molecule has 0 aliphatic carbocycles. The highest BCUT2D eigenvalue weighted by Gasteiger charge is 2.34. The van der Waals surface area contributed by atoms with Crippen LogP contribution in [-0.4, -0.2) is 36.3 Å². The molecule has 2 N–H and O–H groups in total.